The van der Waals surface area contributed by atoms with Gasteiger partial charge in [-0.2, -0.15) is 0 Å². The highest BCUT2D eigenvalue weighted by Gasteiger charge is 2.16. The molecule has 2 nitrogen and oxygen atoms in total. The lowest BCUT2D eigenvalue weighted by Gasteiger charge is -2.21. The summed E-state index contributed by atoms with van der Waals surface area (Å²) in [6, 6.07) is 9.18. The number of nitrogens with one attached hydrogen (secondary N) is 1. The van der Waals surface area contributed by atoms with E-state index < -0.39 is 0 Å². The molecule has 2 rings (SSSR count). The highest BCUT2D eigenvalue weighted by molar-refractivity contribution is 5.25. The summed E-state index contributed by atoms with van der Waals surface area (Å²) in [6.07, 6.45) is 5.75. The fraction of sp³-hybridized carbons (Fsp3) is 0.667. The smallest absolute Gasteiger partial charge is 0.0230 e. The third-order valence-corrected chi connectivity index (χ3v) is 4.56. The molecule has 0 heterocycles. The number of nitrogens with zero attached hydrogens (tertiary/aromatic N) is 1. The molecule has 0 bridgehead atoms. The van der Waals surface area contributed by atoms with E-state index in [1.54, 1.807) is 0 Å². The minimum Gasteiger partial charge on any atom is -0.319 e. The van der Waals surface area contributed by atoms with E-state index >= 15 is 0 Å². The molecular formula is C18H30N2. The summed E-state index contributed by atoms with van der Waals surface area (Å²) in [4.78, 5) is 2.49. The number of hydrogen-bond acceptors (Lipinski definition) is 2. The van der Waals surface area contributed by atoms with E-state index in [1.165, 1.54) is 43.4 Å². The summed E-state index contributed by atoms with van der Waals surface area (Å²) < 4.78 is 0. The first kappa shape index (κ1) is 15.5. The fourth-order valence-electron chi connectivity index (χ4n) is 3.39. The number of hydrogen-bond donors (Lipinski definition) is 1. The Hall–Kier alpha value is -0.860. The van der Waals surface area contributed by atoms with Crippen LogP contribution in [-0.2, 0) is 6.54 Å². The van der Waals surface area contributed by atoms with E-state index in [0.717, 1.165) is 19.0 Å². The zero-order valence-electron chi connectivity index (χ0n) is 13.4. The van der Waals surface area contributed by atoms with Crippen molar-refractivity contribution in [2.75, 3.05) is 27.2 Å². The molecular weight excluding hydrogens is 244 g/mol. The third kappa shape index (κ3) is 4.60. The van der Waals surface area contributed by atoms with Crippen LogP contribution in [0.25, 0.3) is 0 Å². The fourth-order valence-corrected chi connectivity index (χ4v) is 3.39. The molecule has 1 N–H and O–H groups in total. The van der Waals surface area contributed by atoms with Crippen LogP contribution in [0.1, 0.15) is 49.7 Å². The van der Waals surface area contributed by atoms with Crippen LogP contribution in [0.15, 0.2) is 24.3 Å². The lowest BCUT2D eigenvalue weighted by atomic mass is 9.99. The Labute approximate surface area is 124 Å². The first-order valence-electron chi connectivity index (χ1n) is 8.11. The van der Waals surface area contributed by atoms with E-state index in [4.69, 9.17) is 0 Å². The van der Waals surface area contributed by atoms with Crippen molar-refractivity contribution in [2.45, 2.75) is 45.1 Å². The van der Waals surface area contributed by atoms with Crippen LogP contribution in [0.4, 0.5) is 0 Å². The Morgan fingerprint density at radius 2 is 1.85 bits per heavy atom. The Bertz CT molecular complexity index is 379. The van der Waals surface area contributed by atoms with Crippen molar-refractivity contribution in [3.63, 3.8) is 0 Å². The van der Waals surface area contributed by atoms with Gasteiger partial charge in [0.1, 0.15) is 0 Å². The highest BCUT2D eigenvalue weighted by atomic mass is 15.1. The maximum Gasteiger partial charge on any atom is 0.0230 e. The van der Waals surface area contributed by atoms with Crippen molar-refractivity contribution in [1.82, 2.24) is 10.2 Å². The second kappa shape index (κ2) is 7.80. The van der Waals surface area contributed by atoms with Crippen molar-refractivity contribution in [3.05, 3.63) is 35.4 Å². The first-order chi connectivity index (χ1) is 9.69. The van der Waals surface area contributed by atoms with Gasteiger partial charge >= 0.3 is 0 Å². The quantitative estimate of drug-likeness (QED) is 0.817. The topological polar surface area (TPSA) is 15.3 Å². The molecule has 0 spiro atoms. The predicted molar refractivity (Wildman–Crippen MR) is 87.1 cm³/mol. The minimum absolute atomic E-state index is 0.588. The average molecular weight is 274 g/mol. The van der Waals surface area contributed by atoms with Gasteiger partial charge in [0.25, 0.3) is 0 Å². The zero-order valence-corrected chi connectivity index (χ0v) is 13.4. The Morgan fingerprint density at radius 1 is 1.20 bits per heavy atom. The van der Waals surface area contributed by atoms with Gasteiger partial charge in [-0.25, -0.2) is 0 Å². The van der Waals surface area contributed by atoms with Gasteiger partial charge in [-0.1, -0.05) is 44.0 Å². The summed E-state index contributed by atoms with van der Waals surface area (Å²) in [5.74, 6) is 1.53. The summed E-state index contributed by atoms with van der Waals surface area (Å²) in [7, 11) is 4.28. The number of rotatable bonds is 7. The van der Waals surface area contributed by atoms with Crippen LogP contribution >= 0.6 is 0 Å². The van der Waals surface area contributed by atoms with E-state index in [0.29, 0.717) is 5.92 Å². The molecule has 1 atom stereocenters. The molecule has 0 radical (unpaired) electrons. The second-order valence-corrected chi connectivity index (χ2v) is 6.55. The SMILES string of the molecule is CNCC(C)c1ccc(CN(C)CC2CCCC2)cc1. The van der Waals surface area contributed by atoms with E-state index in [-0.39, 0.29) is 0 Å². The molecule has 2 heteroatoms. The van der Waals surface area contributed by atoms with Crippen LogP contribution in [-0.4, -0.2) is 32.1 Å². The lowest BCUT2D eigenvalue weighted by Crippen LogP contribution is -2.24. The molecule has 1 aromatic rings. The van der Waals surface area contributed by atoms with Gasteiger partial charge in [0.05, 0.1) is 0 Å². The molecule has 112 valence electrons. The zero-order chi connectivity index (χ0) is 14.4. The van der Waals surface area contributed by atoms with Gasteiger partial charge in [0, 0.05) is 19.6 Å². The highest BCUT2D eigenvalue weighted by Crippen LogP contribution is 2.25. The molecule has 0 aliphatic heterocycles. The van der Waals surface area contributed by atoms with E-state index in [2.05, 4.69) is 48.5 Å². The van der Waals surface area contributed by atoms with Gasteiger partial charge in [-0.05, 0) is 49.9 Å². The average Bonchev–Trinajstić information content (AvgIpc) is 2.92. The van der Waals surface area contributed by atoms with Gasteiger partial charge in [0.15, 0.2) is 0 Å². The van der Waals surface area contributed by atoms with Crippen molar-refractivity contribution in [2.24, 2.45) is 5.92 Å². The summed E-state index contributed by atoms with van der Waals surface area (Å²) in [6.45, 7) is 5.66. The van der Waals surface area contributed by atoms with Crippen LogP contribution in [0.3, 0.4) is 0 Å². The van der Waals surface area contributed by atoms with Gasteiger partial charge in [-0.3, -0.25) is 0 Å². The van der Waals surface area contributed by atoms with Gasteiger partial charge < -0.3 is 10.2 Å². The Kier molecular flexibility index (Phi) is 6.06. The minimum atomic E-state index is 0.588. The van der Waals surface area contributed by atoms with Crippen LogP contribution < -0.4 is 5.32 Å². The van der Waals surface area contributed by atoms with Crippen LogP contribution in [0, 0.1) is 5.92 Å². The molecule has 1 aliphatic rings. The molecule has 1 aliphatic carbocycles. The first-order valence-corrected chi connectivity index (χ1v) is 8.11. The van der Waals surface area contributed by atoms with Crippen LogP contribution in [0.2, 0.25) is 0 Å². The number of likely N-dealkylation sites (N-methyl/N-ethyl adjacent to an activating group) is 1. The van der Waals surface area contributed by atoms with Crippen molar-refractivity contribution >= 4 is 0 Å². The van der Waals surface area contributed by atoms with Crippen molar-refractivity contribution in [1.29, 1.82) is 0 Å². The Balaban J connectivity index is 1.83. The summed E-state index contributed by atoms with van der Waals surface area (Å²) in [5, 5.41) is 3.24. The molecule has 1 fully saturated rings. The molecule has 20 heavy (non-hydrogen) atoms. The monoisotopic (exact) mass is 274 g/mol. The maximum atomic E-state index is 3.24. The van der Waals surface area contributed by atoms with Gasteiger partial charge in [-0.15, -0.1) is 0 Å². The standard InChI is InChI=1S/C18H30N2/c1-15(12-19-2)18-10-8-17(9-11-18)14-20(3)13-16-6-4-5-7-16/h8-11,15-16,19H,4-7,12-14H2,1-3H3. The molecule has 1 saturated carbocycles. The number of benzene rings is 1. The van der Waals surface area contributed by atoms with Gasteiger partial charge in [0.2, 0.25) is 0 Å². The molecule has 1 aromatic carbocycles. The molecule has 1 unspecified atom stereocenters. The lowest BCUT2D eigenvalue weighted by molar-refractivity contribution is 0.271. The molecule has 0 amide bonds. The molecule has 0 saturated heterocycles. The summed E-state index contributed by atoms with van der Waals surface area (Å²) in [5.41, 5.74) is 2.87. The predicted octanol–water partition coefficient (Wildman–Crippen LogP) is 3.63. The third-order valence-electron chi connectivity index (χ3n) is 4.56. The Morgan fingerprint density at radius 3 is 2.45 bits per heavy atom. The maximum absolute atomic E-state index is 3.24. The summed E-state index contributed by atoms with van der Waals surface area (Å²) >= 11 is 0. The normalized spacial score (nSPS) is 17.8. The van der Waals surface area contributed by atoms with Crippen molar-refractivity contribution in [3.8, 4) is 0 Å². The largest absolute Gasteiger partial charge is 0.319 e. The van der Waals surface area contributed by atoms with E-state index in [1.807, 2.05) is 7.05 Å². The second-order valence-electron chi connectivity index (χ2n) is 6.55. The van der Waals surface area contributed by atoms with Crippen LogP contribution in [0.5, 0.6) is 0 Å². The van der Waals surface area contributed by atoms with E-state index in [9.17, 15) is 0 Å². The van der Waals surface area contributed by atoms with Crippen molar-refractivity contribution < 1.29 is 0 Å². The molecule has 0 aromatic heterocycles.